The van der Waals surface area contributed by atoms with E-state index in [0.717, 1.165) is 15.4 Å². The number of anilines is 1. The fourth-order valence-corrected chi connectivity index (χ4v) is 3.65. The Morgan fingerprint density at radius 2 is 1.48 bits per heavy atom. The van der Waals surface area contributed by atoms with Crippen LogP contribution in [0.5, 0.6) is 5.75 Å². The fraction of sp³-hybridized carbons (Fsp3) is 0.130. The number of carbonyl (C=O) groups is 1. The van der Waals surface area contributed by atoms with Crippen molar-refractivity contribution in [1.29, 1.82) is 5.26 Å². The molecule has 3 aromatic carbocycles. The van der Waals surface area contributed by atoms with Crippen molar-refractivity contribution in [3.63, 3.8) is 0 Å². The van der Waals surface area contributed by atoms with Crippen LogP contribution in [-0.4, -0.2) is 39.3 Å². The Labute approximate surface area is 181 Å². The van der Waals surface area contributed by atoms with Crippen LogP contribution in [0.1, 0.15) is 5.56 Å². The number of benzene rings is 3. The first-order valence-electron chi connectivity index (χ1n) is 9.35. The molecule has 0 aliphatic carbocycles. The number of nitrogens with one attached hydrogen (secondary N) is 1. The minimum atomic E-state index is -3.51. The van der Waals surface area contributed by atoms with Crippen LogP contribution in [0.25, 0.3) is 11.1 Å². The van der Waals surface area contributed by atoms with Crippen molar-refractivity contribution in [2.24, 2.45) is 0 Å². The van der Waals surface area contributed by atoms with Crippen LogP contribution in [0.15, 0.2) is 77.7 Å². The second-order valence-corrected chi connectivity index (χ2v) is 9.01. The Hall–Kier alpha value is -3.67. The van der Waals surface area contributed by atoms with Gasteiger partial charge in [0.25, 0.3) is 5.91 Å². The first-order valence-corrected chi connectivity index (χ1v) is 10.8. The van der Waals surface area contributed by atoms with Crippen molar-refractivity contribution >= 4 is 21.6 Å². The van der Waals surface area contributed by atoms with Crippen LogP contribution < -0.4 is 10.1 Å². The molecule has 0 unspecified atom stereocenters. The van der Waals surface area contributed by atoms with Crippen LogP contribution in [0.3, 0.4) is 0 Å². The van der Waals surface area contributed by atoms with Gasteiger partial charge in [-0.05, 0) is 59.7 Å². The lowest BCUT2D eigenvalue weighted by atomic mass is 10.0. The average Bonchev–Trinajstić information content (AvgIpc) is 2.78. The van der Waals surface area contributed by atoms with Gasteiger partial charge in [0.05, 0.1) is 16.5 Å². The van der Waals surface area contributed by atoms with Gasteiger partial charge >= 0.3 is 0 Å². The molecule has 3 aromatic rings. The molecule has 0 aliphatic rings. The molecular weight excluding hydrogens is 414 g/mol. The highest BCUT2D eigenvalue weighted by Crippen LogP contribution is 2.23. The Morgan fingerprint density at radius 1 is 0.935 bits per heavy atom. The predicted molar refractivity (Wildman–Crippen MR) is 118 cm³/mol. The summed E-state index contributed by atoms with van der Waals surface area (Å²) in [5.74, 6) is 0.180. The Morgan fingerprint density at radius 3 is 2.00 bits per heavy atom. The quantitative estimate of drug-likeness (QED) is 0.612. The van der Waals surface area contributed by atoms with E-state index in [1.54, 1.807) is 24.3 Å². The molecule has 8 heteroatoms. The minimum absolute atomic E-state index is 0.147. The van der Waals surface area contributed by atoms with Gasteiger partial charge in [-0.1, -0.05) is 24.3 Å². The van der Waals surface area contributed by atoms with Crippen LogP contribution in [0.2, 0.25) is 0 Å². The van der Waals surface area contributed by atoms with Gasteiger partial charge in [-0.3, -0.25) is 4.79 Å². The van der Waals surface area contributed by atoms with Crippen LogP contribution >= 0.6 is 0 Å². The van der Waals surface area contributed by atoms with Crippen LogP contribution in [0, 0.1) is 11.3 Å². The summed E-state index contributed by atoms with van der Waals surface area (Å²) in [5, 5.41) is 11.5. The van der Waals surface area contributed by atoms with Crippen molar-refractivity contribution in [2.45, 2.75) is 4.90 Å². The van der Waals surface area contributed by atoms with Gasteiger partial charge < -0.3 is 10.1 Å². The van der Waals surface area contributed by atoms with Crippen molar-refractivity contribution in [2.75, 3.05) is 26.0 Å². The van der Waals surface area contributed by atoms with Gasteiger partial charge in [-0.25, -0.2) is 12.7 Å². The number of nitriles is 1. The zero-order valence-electron chi connectivity index (χ0n) is 17.1. The molecular formula is C23H21N3O4S. The summed E-state index contributed by atoms with van der Waals surface area (Å²) >= 11 is 0. The minimum Gasteiger partial charge on any atom is -0.484 e. The first-order chi connectivity index (χ1) is 14.8. The average molecular weight is 436 g/mol. The standard InChI is InChI=1S/C23H21N3O4S/c1-26(2)31(28,29)22-13-9-20(10-14-22)25-23(27)16-30-21-11-7-19(8-12-21)18-5-3-17(15-24)4-6-18/h3-14H,16H2,1-2H3,(H,25,27). The van der Waals surface area contributed by atoms with Gasteiger partial charge in [0.1, 0.15) is 5.75 Å². The van der Waals surface area contributed by atoms with E-state index < -0.39 is 10.0 Å². The normalized spacial score (nSPS) is 11.0. The van der Waals surface area contributed by atoms with Crippen molar-refractivity contribution in [3.8, 4) is 22.9 Å². The summed E-state index contributed by atoms with van der Waals surface area (Å²) in [4.78, 5) is 12.3. The third-order valence-electron chi connectivity index (χ3n) is 4.49. The molecule has 0 heterocycles. The summed E-state index contributed by atoms with van der Waals surface area (Å²) in [6, 6.07) is 22.6. The van der Waals surface area contributed by atoms with Crippen molar-refractivity contribution in [3.05, 3.63) is 78.4 Å². The van der Waals surface area contributed by atoms with Crippen molar-refractivity contribution < 1.29 is 17.9 Å². The van der Waals surface area contributed by atoms with E-state index in [1.165, 1.54) is 38.4 Å². The van der Waals surface area contributed by atoms with Gasteiger partial charge in [-0.2, -0.15) is 5.26 Å². The number of ether oxygens (including phenoxy) is 1. The summed E-state index contributed by atoms with van der Waals surface area (Å²) in [7, 11) is -0.599. The van der Waals surface area contributed by atoms with Gasteiger partial charge in [0.2, 0.25) is 10.0 Å². The third kappa shape index (κ3) is 5.48. The molecule has 158 valence electrons. The van der Waals surface area contributed by atoms with Gasteiger partial charge in [0, 0.05) is 19.8 Å². The van der Waals surface area contributed by atoms with Crippen molar-refractivity contribution in [1.82, 2.24) is 4.31 Å². The maximum atomic E-state index is 12.1. The highest BCUT2D eigenvalue weighted by molar-refractivity contribution is 7.89. The predicted octanol–water partition coefficient (Wildman–Crippen LogP) is 3.49. The lowest BCUT2D eigenvalue weighted by Crippen LogP contribution is -2.22. The molecule has 0 atom stereocenters. The van der Waals surface area contributed by atoms with Gasteiger partial charge in [0.15, 0.2) is 6.61 Å². The second-order valence-electron chi connectivity index (χ2n) is 6.86. The van der Waals surface area contributed by atoms with Crippen LogP contribution in [0.4, 0.5) is 5.69 Å². The molecule has 0 radical (unpaired) electrons. The third-order valence-corrected chi connectivity index (χ3v) is 6.32. The molecule has 1 amide bonds. The van der Waals surface area contributed by atoms with Gasteiger partial charge in [-0.15, -0.1) is 0 Å². The SMILES string of the molecule is CN(C)S(=O)(=O)c1ccc(NC(=O)COc2ccc(-c3ccc(C#N)cc3)cc2)cc1. The van der Waals surface area contributed by atoms with E-state index in [-0.39, 0.29) is 17.4 Å². The molecule has 0 saturated carbocycles. The number of nitrogens with zero attached hydrogens (tertiary/aromatic N) is 2. The lowest BCUT2D eigenvalue weighted by Gasteiger charge is -2.12. The number of amides is 1. The second kappa shape index (κ2) is 9.43. The highest BCUT2D eigenvalue weighted by atomic mass is 32.2. The number of sulfonamides is 1. The molecule has 0 aromatic heterocycles. The highest BCUT2D eigenvalue weighted by Gasteiger charge is 2.16. The molecule has 0 aliphatic heterocycles. The topological polar surface area (TPSA) is 99.5 Å². The van der Waals surface area contributed by atoms with E-state index >= 15 is 0 Å². The maximum Gasteiger partial charge on any atom is 0.262 e. The molecule has 0 saturated heterocycles. The summed E-state index contributed by atoms with van der Waals surface area (Å²) in [6.07, 6.45) is 0. The van der Waals surface area contributed by atoms with E-state index in [4.69, 9.17) is 10.00 Å². The molecule has 3 rings (SSSR count). The molecule has 31 heavy (non-hydrogen) atoms. The Bertz CT molecular complexity index is 1200. The number of hydrogen-bond acceptors (Lipinski definition) is 5. The smallest absolute Gasteiger partial charge is 0.262 e. The molecule has 1 N–H and O–H groups in total. The Balaban J connectivity index is 1.55. The molecule has 7 nitrogen and oxygen atoms in total. The monoisotopic (exact) mass is 435 g/mol. The zero-order valence-corrected chi connectivity index (χ0v) is 17.9. The maximum absolute atomic E-state index is 12.1. The number of rotatable bonds is 7. The van der Waals surface area contributed by atoms with E-state index in [9.17, 15) is 13.2 Å². The Kier molecular flexibility index (Phi) is 6.70. The molecule has 0 spiro atoms. The van der Waals surface area contributed by atoms with E-state index in [0.29, 0.717) is 17.0 Å². The van der Waals surface area contributed by atoms with E-state index in [1.807, 2.05) is 24.3 Å². The van der Waals surface area contributed by atoms with E-state index in [2.05, 4.69) is 11.4 Å². The molecule has 0 bridgehead atoms. The van der Waals surface area contributed by atoms with Crippen LogP contribution in [-0.2, 0) is 14.8 Å². The summed E-state index contributed by atoms with van der Waals surface area (Å²) in [6.45, 7) is -0.187. The zero-order chi connectivity index (χ0) is 22.4. The number of hydrogen-bond donors (Lipinski definition) is 1. The first kappa shape index (κ1) is 22.0. The summed E-state index contributed by atoms with van der Waals surface area (Å²) in [5.41, 5.74) is 3.02. The largest absolute Gasteiger partial charge is 0.484 e. The molecule has 0 fully saturated rings. The number of carbonyl (C=O) groups excluding carboxylic acids is 1. The fourth-order valence-electron chi connectivity index (χ4n) is 2.75. The lowest BCUT2D eigenvalue weighted by molar-refractivity contribution is -0.118. The summed E-state index contributed by atoms with van der Waals surface area (Å²) < 4.78 is 30.8.